The first-order valence-corrected chi connectivity index (χ1v) is 24.8. The molecule has 0 spiro atoms. The van der Waals surface area contributed by atoms with Gasteiger partial charge in [0.15, 0.2) is 0 Å². The van der Waals surface area contributed by atoms with Crippen LogP contribution in [0.3, 0.4) is 0 Å². The molecule has 0 aliphatic carbocycles. The highest BCUT2D eigenvalue weighted by Crippen LogP contribution is 2.47. The van der Waals surface area contributed by atoms with E-state index < -0.39 is 0 Å². The van der Waals surface area contributed by atoms with Crippen molar-refractivity contribution in [2.24, 2.45) is 0 Å². The Bertz CT molecular complexity index is 4010. The monoisotopic (exact) mass is 907 g/mol. The zero-order valence-electron chi connectivity index (χ0n) is 38.3. The average molecular weight is 908 g/mol. The molecule has 328 valence electrons. The van der Waals surface area contributed by atoms with Gasteiger partial charge in [-0.25, -0.2) is 0 Å². The van der Waals surface area contributed by atoms with E-state index in [-0.39, 0.29) is 0 Å². The van der Waals surface area contributed by atoms with Gasteiger partial charge in [0.05, 0.1) is 0 Å². The van der Waals surface area contributed by atoms with Crippen molar-refractivity contribution in [3.8, 4) is 66.8 Å². The second kappa shape index (κ2) is 17.7. The second-order valence-corrected chi connectivity index (χ2v) is 19.0. The Balaban J connectivity index is 0.959. The van der Waals surface area contributed by atoms with Gasteiger partial charge in [-0.2, -0.15) is 0 Å². The Morgan fingerprint density at radius 1 is 0.229 bits per heavy atom. The fourth-order valence-corrected chi connectivity index (χ4v) is 11.8. The van der Waals surface area contributed by atoms with Gasteiger partial charge < -0.3 is 4.90 Å². The molecule has 0 bridgehead atoms. The molecule has 1 aromatic heterocycles. The zero-order chi connectivity index (χ0) is 46.4. The summed E-state index contributed by atoms with van der Waals surface area (Å²) in [4.78, 5) is 2.40. The van der Waals surface area contributed by atoms with Gasteiger partial charge in [0, 0.05) is 37.2 Å². The van der Waals surface area contributed by atoms with E-state index in [0.29, 0.717) is 0 Å². The van der Waals surface area contributed by atoms with Crippen molar-refractivity contribution in [2.75, 3.05) is 4.90 Å². The molecule has 0 saturated heterocycles. The Morgan fingerprint density at radius 2 is 0.686 bits per heavy atom. The first-order chi connectivity index (χ1) is 34.7. The van der Waals surface area contributed by atoms with Crippen LogP contribution in [0.25, 0.3) is 108 Å². The number of hydrogen-bond acceptors (Lipinski definition) is 2. The summed E-state index contributed by atoms with van der Waals surface area (Å²) in [6, 6.07) is 99.9. The van der Waals surface area contributed by atoms with Gasteiger partial charge in [-0.3, -0.25) is 0 Å². The summed E-state index contributed by atoms with van der Waals surface area (Å²) >= 11 is 1.88. The molecule has 0 N–H and O–H groups in total. The molecule has 0 radical (unpaired) electrons. The summed E-state index contributed by atoms with van der Waals surface area (Å²) < 4.78 is 2.64. The standard InChI is InChI=1S/C68H45NS/c1-5-18-47(19-6-1)56-43-41-55(45-63(56)48-20-7-2-8-21-48)69(54-39-34-49(35-40-54)57-29-17-30-62-60-27-15-16-31-65(60)70-68(57)62)53-37-32-46(33-38-53)52-36-42-59-58-26-13-14-28-61(58)66(50-22-9-3-10-23-50)67(64(59)44-52)51-24-11-4-12-25-51/h1-45H. The zero-order valence-corrected chi connectivity index (χ0v) is 39.2. The van der Waals surface area contributed by atoms with Gasteiger partial charge in [0.1, 0.15) is 0 Å². The first kappa shape index (κ1) is 41.4. The third-order valence-electron chi connectivity index (χ3n) is 13.9. The van der Waals surface area contributed by atoms with Crippen molar-refractivity contribution in [3.63, 3.8) is 0 Å². The molecule has 1 heterocycles. The summed E-state index contributed by atoms with van der Waals surface area (Å²) in [5, 5.41) is 7.63. The molecule has 0 aliphatic rings. The predicted molar refractivity (Wildman–Crippen MR) is 302 cm³/mol. The van der Waals surface area contributed by atoms with Crippen LogP contribution in [0.2, 0.25) is 0 Å². The van der Waals surface area contributed by atoms with E-state index in [1.54, 1.807) is 0 Å². The lowest BCUT2D eigenvalue weighted by molar-refractivity contribution is 1.28. The molecule has 0 amide bonds. The highest BCUT2D eigenvalue weighted by Gasteiger charge is 2.20. The van der Waals surface area contributed by atoms with Crippen molar-refractivity contribution < 1.29 is 0 Å². The topological polar surface area (TPSA) is 3.24 Å². The number of anilines is 3. The molecular weight excluding hydrogens is 863 g/mol. The summed E-state index contributed by atoms with van der Waals surface area (Å²) in [5.41, 5.74) is 17.8. The van der Waals surface area contributed by atoms with Crippen LogP contribution in [-0.2, 0) is 0 Å². The summed E-state index contributed by atoms with van der Waals surface area (Å²) in [6.45, 7) is 0. The number of nitrogens with zero attached hydrogens (tertiary/aromatic N) is 1. The van der Waals surface area contributed by atoms with Crippen molar-refractivity contribution in [2.45, 2.75) is 0 Å². The Hall–Kier alpha value is -8.82. The minimum atomic E-state index is 1.08. The van der Waals surface area contributed by atoms with E-state index >= 15 is 0 Å². The van der Waals surface area contributed by atoms with E-state index in [9.17, 15) is 0 Å². The lowest BCUT2D eigenvalue weighted by atomic mass is 9.84. The fraction of sp³-hybridized carbons (Fsp3) is 0. The lowest BCUT2D eigenvalue weighted by Gasteiger charge is -2.27. The molecule has 0 unspecified atom stereocenters. The fourth-order valence-electron chi connectivity index (χ4n) is 10.6. The summed E-state index contributed by atoms with van der Waals surface area (Å²) in [7, 11) is 0. The van der Waals surface area contributed by atoms with Crippen LogP contribution >= 0.6 is 11.3 Å². The van der Waals surface area contributed by atoms with Crippen LogP contribution in [0, 0.1) is 0 Å². The molecule has 0 saturated carbocycles. The molecule has 0 fully saturated rings. The molecule has 1 nitrogen and oxygen atoms in total. The number of benzene rings is 12. The minimum absolute atomic E-state index is 1.08. The van der Waals surface area contributed by atoms with Crippen LogP contribution in [-0.4, -0.2) is 0 Å². The third kappa shape index (κ3) is 7.34. The molecular formula is C68H45NS. The average Bonchev–Trinajstić information content (AvgIpc) is 3.83. The Labute approximate surface area is 412 Å². The first-order valence-electron chi connectivity index (χ1n) is 24.0. The van der Waals surface area contributed by atoms with Crippen molar-refractivity contribution in [3.05, 3.63) is 273 Å². The third-order valence-corrected chi connectivity index (χ3v) is 15.1. The largest absolute Gasteiger partial charge is 0.310 e. The lowest BCUT2D eigenvalue weighted by Crippen LogP contribution is -2.10. The van der Waals surface area contributed by atoms with E-state index in [0.717, 1.165) is 22.6 Å². The van der Waals surface area contributed by atoms with Gasteiger partial charge in [0.2, 0.25) is 0 Å². The second-order valence-electron chi connectivity index (χ2n) is 18.0. The highest BCUT2D eigenvalue weighted by atomic mass is 32.1. The number of thiophene rings is 1. The van der Waals surface area contributed by atoms with Gasteiger partial charge >= 0.3 is 0 Å². The molecule has 0 atom stereocenters. The molecule has 13 aromatic rings. The van der Waals surface area contributed by atoms with Crippen LogP contribution in [0.15, 0.2) is 273 Å². The van der Waals surface area contributed by atoms with E-state index in [2.05, 4.69) is 278 Å². The summed E-state index contributed by atoms with van der Waals surface area (Å²) in [6.07, 6.45) is 0. The number of rotatable bonds is 9. The Morgan fingerprint density at radius 3 is 1.33 bits per heavy atom. The molecule has 0 aliphatic heterocycles. The smallest absolute Gasteiger partial charge is 0.0468 e. The maximum atomic E-state index is 2.41. The van der Waals surface area contributed by atoms with Crippen LogP contribution < -0.4 is 4.90 Å². The van der Waals surface area contributed by atoms with E-state index in [1.807, 2.05) is 11.3 Å². The van der Waals surface area contributed by atoms with E-state index in [4.69, 9.17) is 0 Å². The van der Waals surface area contributed by atoms with Crippen LogP contribution in [0.4, 0.5) is 17.1 Å². The van der Waals surface area contributed by atoms with Crippen molar-refractivity contribution in [1.82, 2.24) is 0 Å². The molecule has 12 aromatic carbocycles. The van der Waals surface area contributed by atoms with Crippen LogP contribution in [0.5, 0.6) is 0 Å². The molecule has 2 heteroatoms. The maximum Gasteiger partial charge on any atom is 0.0468 e. The number of fused-ring (bicyclic) bond motifs is 6. The highest BCUT2D eigenvalue weighted by molar-refractivity contribution is 7.26. The Kier molecular flexibility index (Phi) is 10.5. The normalized spacial score (nSPS) is 11.4. The predicted octanol–water partition coefficient (Wildman–Crippen LogP) is 19.8. The van der Waals surface area contributed by atoms with Gasteiger partial charge in [-0.05, 0) is 137 Å². The maximum absolute atomic E-state index is 2.41. The SMILES string of the molecule is c1ccc(-c2ccc(N(c3ccc(-c4ccc5c(c4)c(-c4ccccc4)c(-c4ccccc4)c4ccccc45)cc3)c3ccc(-c4cccc5c4sc4ccccc45)cc3)cc2-c2ccccc2)cc1. The van der Waals surface area contributed by atoms with Crippen molar-refractivity contribution >= 4 is 70.1 Å². The van der Waals surface area contributed by atoms with Gasteiger partial charge in [0.25, 0.3) is 0 Å². The van der Waals surface area contributed by atoms with Gasteiger partial charge in [-0.15, -0.1) is 11.3 Å². The molecule has 13 rings (SSSR count). The minimum Gasteiger partial charge on any atom is -0.310 e. The van der Waals surface area contributed by atoms with Crippen molar-refractivity contribution in [1.29, 1.82) is 0 Å². The van der Waals surface area contributed by atoms with Crippen LogP contribution in [0.1, 0.15) is 0 Å². The summed E-state index contributed by atoms with van der Waals surface area (Å²) in [5.74, 6) is 0. The quantitative estimate of drug-likeness (QED) is 0.130. The van der Waals surface area contributed by atoms with Gasteiger partial charge in [-0.1, -0.05) is 224 Å². The number of hydrogen-bond donors (Lipinski definition) is 0. The van der Waals surface area contributed by atoms with E-state index in [1.165, 1.54) is 103 Å². The molecule has 70 heavy (non-hydrogen) atoms.